The van der Waals surface area contributed by atoms with Gasteiger partial charge in [0.15, 0.2) is 0 Å². The molecular weight excluding hydrogens is 360 g/mol. The molecule has 2 aliphatic rings. The molecule has 1 aliphatic carbocycles. The number of fused-ring (bicyclic) bond motifs is 1. The van der Waals surface area contributed by atoms with E-state index in [-0.39, 0.29) is 11.8 Å². The van der Waals surface area contributed by atoms with Crippen LogP contribution >= 0.6 is 0 Å². The number of hydrogen-bond donors (Lipinski definition) is 1. The lowest BCUT2D eigenvalue weighted by Crippen LogP contribution is -2.53. The Morgan fingerprint density at radius 1 is 1.03 bits per heavy atom. The number of carbonyl (C=O) groups excluding carboxylic acids is 2. The van der Waals surface area contributed by atoms with Gasteiger partial charge in [-0.1, -0.05) is 54.6 Å². The Bertz CT molecular complexity index is 869. The number of piperidine rings is 1. The van der Waals surface area contributed by atoms with Gasteiger partial charge in [0.05, 0.1) is 5.41 Å². The molecular formula is C25H30N2O2. The van der Waals surface area contributed by atoms with Gasteiger partial charge in [0.1, 0.15) is 0 Å². The van der Waals surface area contributed by atoms with Gasteiger partial charge in [0.25, 0.3) is 0 Å². The number of nitrogens with one attached hydrogen (secondary N) is 1. The third-order valence-electron chi connectivity index (χ3n) is 6.83. The van der Waals surface area contributed by atoms with Crippen LogP contribution in [0.2, 0.25) is 0 Å². The van der Waals surface area contributed by atoms with Gasteiger partial charge in [-0.3, -0.25) is 9.59 Å². The van der Waals surface area contributed by atoms with Crippen LogP contribution in [-0.2, 0) is 21.4 Å². The van der Waals surface area contributed by atoms with Gasteiger partial charge in [-0.05, 0) is 48.8 Å². The first-order valence-electron chi connectivity index (χ1n) is 10.8. The number of rotatable bonds is 4. The van der Waals surface area contributed by atoms with Gasteiger partial charge in [-0.2, -0.15) is 0 Å². The van der Waals surface area contributed by atoms with E-state index in [1.54, 1.807) is 6.92 Å². The highest BCUT2D eigenvalue weighted by Crippen LogP contribution is 2.37. The summed E-state index contributed by atoms with van der Waals surface area (Å²) in [7, 11) is 0. The molecule has 152 valence electrons. The predicted molar refractivity (Wildman–Crippen MR) is 115 cm³/mol. The first-order chi connectivity index (χ1) is 14.1. The molecule has 4 nitrogen and oxygen atoms in total. The van der Waals surface area contributed by atoms with Crippen molar-refractivity contribution in [3.8, 4) is 0 Å². The summed E-state index contributed by atoms with van der Waals surface area (Å²) in [4.78, 5) is 27.2. The fourth-order valence-electron chi connectivity index (χ4n) is 5.06. The molecule has 0 spiro atoms. The largest absolute Gasteiger partial charge is 0.355 e. The summed E-state index contributed by atoms with van der Waals surface area (Å²) in [6.07, 6.45) is 4.77. The molecule has 4 rings (SSSR count). The highest BCUT2D eigenvalue weighted by Gasteiger charge is 2.43. The maximum Gasteiger partial charge on any atom is 0.230 e. The average molecular weight is 391 g/mol. The molecule has 2 amide bonds. The maximum absolute atomic E-state index is 13.5. The Balaban J connectivity index is 1.52. The number of amides is 2. The Hall–Kier alpha value is -2.62. The second kappa shape index (κ2) is 8.40. The van der Waals surface area contributed by atoms with Crippen LogP contribution in [0.3, 0.4) is 0 Å². The zero-order valence-corrected chi connectivity index (χ0v) is 17.2. The van der Waals surface area contributed by atoms with Gasteiger partial charge in [-0.15, -0.1) is 0 Å². The van der Waals surface area contributed by atoms with Crippen LogP contribution < -0.4 is 5.32 Å². The van der Waals surface area contributed by atoms with Gasteiger partial charge in [0.2, 0.25) is 11.8 Å². The smallest absolute Gasteiger partial charge is 0.230 e. The van der Waals surface area contributed by atoms with Crippen molar-refractivity contribution in [3.05, 3.63) is 71.3 Å². The Kier molecular flexibility index (Phi) is 5.70. The molecule has 1 atom stereocenters. The minimum atomic E-state index is -0.554. The maximum atomic E-state index is 13.5. The number of benzene rings is 2. The summed E-state index contributed by atoms with van der Waals surface area (Å²) in [5, 5.41) is 3.30. The molecule has 4 heteroatoms. The standard InChI is InChI=1S/C25H30N2O2/c1-19(28)27-16-14-25(15-17-27,22-11-3-2-4-12-22)24(29)26-18-21-10-7-9-20-8-5-6-13-23(20)21/h2-6,8,11-13,21H,7,9-10,14-18H2,1H3,(H,26,29). The highest BCUT2D eigenvalue weighted by molar-refractivity contribution is 5.89. The van der Waals surface area contributed by atoms with Crippen molar-refractivity contribution >= 4 is 11.8 Å². The van der Waals surface area contributed by atoms with Crippen molar-refractivity contribution in [2.24, 2.45) is 0 Å². The molecule has 1 saturated heterocycles. The Labute approximate surface area is 173 Å². The van der Waals surface area contributed by atoms with E-state index < -0.39 is 5.41 Å². The van der Waals surface area contributed by atoms with E-state index in [0.29, 0.717) is 38.4 Å². The molecule has 1 fully saturated rings. The monoisotopic (exact) mass is 390 g/mol. The molecule has 0 aromatic heterocycles. The third-order valence-corrected chi connectivity index (χ3v) is 6.83. The predicted octanol–water partition coefficient (Wildman–Crippen LogP) is 3.80. The summed E-state index contributed by atoms with van der Waals surface area (Å²) in [6.45, 7) is 3.55. The van der Waals surface area contributed by atoms with Gasteiger partial charge in [-0.25, -0.2) is 0 Å². The van der Waals surface area contributed by atoms with Crippen molar-refractivity contribution in [3.63, 3.8) is 0 Å². The van der Waals surface area contributed by atoms with Crippen molar-refractivity contribution in [2.75, 3.05) is 19.6 Å². The van der Waals surface area contributed by atoms with E-state index in [2.05, 4.69) is 41.7 Å². The van der Waals surface area contributed by atoms with Crippen molar-refractivity contribution in [1.29, 1.82) is 0 Å². The number of hydrogen-bond acceptors (Lipinski definition) is 2. The molecule has 0 bridgehead atoms. The first-order valence-corrected chi connectivity index (χ1v) is 10.8. The van der Waals surface area contributed by atoms with Crippen molar-refractivity contribution in [2.45, 2.75) is 50.4 Å². The van der Waals surface area contributed by atoms with Gasteiger partial charge >= 0.3 is 0 Å². The minimum absolute atomic E-state index is 0.0888. The SMILES string of the molecule is CC(=O)N1CCC(C(=O)NCC2CCCc3ccccc32)(c2ccccc2)CC1. The number of nitrogens with zero attached hydrogens (tertiary/aromatic N) is 1. The molecule has 0 saturated carbocycles. The van der Waals surface area contributed by atoms with E-state index in [1.807, 2.05) is 23.1 Å². The van der Waals surface area contributed by atoms with E-state index in [4.69, 9.17) is 0 Å². The molecule has 1 aliphatic heterocycles. The fourth-order valence-corrected chi connectivity index (χ4v) is 5.06. The summed E-state index contributed by atoms with van der Waals surface area (Å²) in [5.41, 5.74) is 3.32. The first kappa shape index (κ1) is 19.7. The Morgan fingerprint density at radius 2 is 1.72 bits per heavy atom. The van der Waals surface area contributed by atoms with Crippen LogP contribution in [0.1, 0.15) is 55.2 Å². The average Bonchev–Trinajstić information content (AvgIpc) is 2.78. The third kappa shape index (κ3) is 3.93. The lowest BCUT2D eigenvalue weighted by Gasteiger charge is -2.41. The molecule has 29 heavy (non-hydrogen) atoms. The summed E-state index contributed by atoms with van der Waals surface area (Å²) >= 11 is 0. The summed E-state index contributed by atoms with van der Waals surface area (Å²) in [6, 6.07) is 18.7. The van der Waals surface area contributed by atoms with E-state index in [1.165, 1.54) is 17.5 Å². The quantitative estimate of drug-likeness (QED) is 0.863. The van der Waals surface area contributed by atoms with E-state index in [9.17, 15) is 9.59 Å². The second-order valence-corrected chi connectivity index (χ2v) is 8.45. The van der Waals surface area contributed by atoms with Crippen LogP contribution in [0.5, 0.6) is 0 Å². The van der Waals surface area contributed by atoms with Crippen molar-refractivity contribution in [1.82, 2.24) is 10.2 Å². The zero-order valence-electron chi connectivity index (χ0n) is 17.2. The van der Waals surface area contributed by atoms with Gasteiger partial charge < -0.3 is 10.2 Å². The molecule has 2 aromatic rings. The lowest BCUT2D eigenvalue weighted by molar-refractivity contribution is -0.135. The zero-order chi connectivity index (χ0) is 20.3. The van der Waals surface area contributed by atoms with Crippen LogP contribution in [0, 0.1) is 0 Å². The van der Waals surface area contributed by atoms with Crippen molar-refractivity contribution < 1.29 is 9.59 Å². The summed E-state index contributed by atoms with van der Waals surface area (Å²) < 4.78 is 0. The van der Waals surface area contributed by atoms with Crippen LogP contribution in [0.15, 0.2) is 54.6 Å². The molecule has 1 N–H and O–H groups in total. The summed E-state index contributed by atoms with van der Waals surface area (Å²) in [5.74, 6) is 0.579. The molecule has 1 unspecified atom stereocenters. The number of carbonyl (C=O) groups is 2. The van der Waals surface area contributed by atoms with Crippen LogP contribution in [0.4, 0.5) is 0 Å². The van der Waals surface area contributed by atoms with Crippen LogP contribution in [0.25, 0.3) is 0 Å². The topological polar surface area (TPSA) is 49.4 Å². The fraction of sp³-hybridized carbons (Fsp3) is 0.440. The molecule has 1 heterocycles. The second-order valence-electron chi connectivity index (χ2n) is 8.45. The van der Waals surface area contributed by atoms with E-state index >= 15 is 0 Å². The minimum Gasteiger partial charge on any atom is -0.355 e. The highest BCUT2D eigenvalue weighted by atomic mass is 16.2. The lowest BCUT2D eigenvalue weighted by atomic mass is 9.71. The number of aryl methyl sites for hydroxylation is 1. The van der Waals surface area contributed by atoms with Gasteiger partial charge in [0, 0.05) is 32.5 Å². The number of likely N-dealkylation sites (tertiary alicyclic amines) is 1. The molecule has 2 aromatic carbocycles. The van der Waals surface area contributed by atoms with Crippen LogP contribution in [-0.4, -0.2) is 36.3 Å². The van der Waals surface area contributed by atoms with E-state index in [0.717, 1.165) is 18.4 Å². The Morgan fingerprint density at radius 3 is 2.45 bits per heavy atom. The normalized spacial score (nSPS) is 20.6. The molecule has 0 radical (unpaired) electrons.